The van der Waals surface area contributed by atoms with Crippen LogP contribution in [0.3, 0.4) is 0 Å². The third-order valence-corrected chi connectivity index (χ3v) is 12.4. The molecule has 36 nitrogen and oxygen atoms in total. The molecule has 36 heteroatoms. The fourth-order valence-corrected chi connectivity index (χ4v) is 7.60. The van der Waals surface area contributed by atoms with Crippen LogP contribution in [0.2, 0.25) is 0 Å². The lowest BCUT2D eigenvalue weighted by atomic mass is 10.4. The molecule has 0 aromatic carbocycles. The van der Waals surface area contributed by atoms with E-state index in [9.17, 15) is 67.1 Å². The summed E-state index contributed by atoms with van der Waals surface area (Å²) in [5.41, 5.74) is 0. The van der Waals surface area contributed by atoms with E-state index in [1.54, 1.807) is 0 Å². The molecule has 0 unspecified atom stereocenters. The van der Waals surface area contributed by atoms with E-state index in [1.165, 1.54) is 9.80 Å². The second kappa shape index (κ2) is 46.5. The summed E-state index contributed by atoms with van der Waals surface area (Å²) in [6.45, 7) is 2.08. The van der Waals surface area contributed by atoms with E-state index in [0.29, 0.717) is 20.3 Å². The van der Waals surface area contributed by atoms with Crippen LogP contribution >= 0.6 is 0 Å². The van der Waals surface area contributed by atoms with Gasteiger partial charge < -0.3 is 86.0 Å². The fourth-order valence-electron chi connectivity index (χ4n) is 7.60. The Hall–Kier alpha value is -7.54. The molecule has 0 aliphatic carbocycles. The normalized spacial score (nSPS) is 14.8. The minimum atomic E-state index is -0.801. The van der Waals surface area contributed by atoms with Gasteiger partial charge in [0.25, 0.3) is 59.1 Å². The molecule has 0 radical (unpaired) electrons. The molecule has 0 aromatic rings. The molecule has 4 aliphatic rings. The number of hydrogen-bond donors (Lipinski definition) is 0. The van der Waals surface area contributed by atoms with Crippen LogP contribution in [0, 0.1) is 11.8 Å². The number of rotatable bonds is 52. The zero-order valence-corrected chi connectivity index (χ0v) is 51.2. The highest BCUT2D eigenvalue weighted by Gasteiger charge is 2.36. The van der Waals surface area contributed by atoms with Crippen molar-refractivity contribution in [2.45, 2.75) is 77.0 Å². The number of amides is 10. The van der Waals surface area contributed by atoms with Crippen LogP contribution in [0.1, 0.15) is 77.0 Å². The summed E-state index contributed by atoms with van der Waals surface area (Å²) in [7, 11) is 0. The molecule has 0 bridgehead atoms. The molecule has 4 saturated heterocycles. The summed E-state index contributed by atoms with van der Waals surface area (Å²) < 4.78 is 66.1. The zero-order chi connectivity index (χ0) is 66.6. The Morgan fingerprint density at radius 2 is 0.402 bits per heavy atom. The van der Waals surface area contributed by atoms with Gasteiger partial charge in [0, 0.05) is 89.4 Å². The van der Waals surface area contributed by atoms with Gasteiger partial charge in [0.15, 0.2) is 0 Å². The Kier molecular flexibility index (Phi) is 38.9. The zero-order valence-electron chi connectivity index (χ0n) is 51.2. The first-order valence-electron chi connectivity index (χ1n) is 29.8. The van der Waals surface area contributed by atoms with Gasteiger partial charge in [-0.25, -0.2) is 19.2 Å². The van der Waals surface area contributed by atoms with E-state index in [4.69, 9.17) is 76.2 Å². The summed E-state index contributed by atoms with van der Waals surface area (Å²) in [4.78, 5) is 190. The molecule has 4 rings (SSSR count). The van der Waals surface area contributed by atoms with Gasteiger partial charge in [-0.15, -0.1) is 20.3 Å². The van der Waals surface area contributed by atoms with Crippen molar-refractivity contribution in [3.63, 3.8) is 0 Å². The first-order valence-corrected chi connectivity index (χ1v) is 29.8. The Labute approximate surface area is 528 Å². The average Bonchev–Trinajstić information content (AvgIpc) is 2.43. The second-order valence-electron chi connectivity index (χ2n) is 19.4. The highest BCUT2D eigenvalue weighted by atomic mass is 16.7. The van der Waals surface area contributed by atoms with Crippen LogP contribution in [0.4, 0.5) is 0 Å². The molecule has 0 atom stereocenters. The maximum Gasteiger partial charge on any atom is 0.335 e. The number of hydroxylamine groups is 8. The monoisotopic (exact) mass is 1320 g/mol. The lowest BCUT2D eigenvalue weighted by Gasteiger charge is -2.21. The highest BCUT2D eigenvalue weighted by Crippen LogP contribution is 2.16. The quantitative estimate of drug-likeness (QED) is 0.0329. The minimum Gasteiger partial charge on any atom is -0.378 e. The van der Waals surface area contributed by atoms with Gasteiger partial charge in [0.2, 0.25) is 0 Å². The van der Waals surface area contributed by atoms with Crippen LogP contribution in [0.5, 0.6) is 0 Å². The number of carbonyl (C=O) groups excluding carboxylic acids is 14. The van der Waals surface area contributed by atoms with Crippen LogP contribution in [0.15, 0.2) is 0 Å². The first kappa shape index (κ1) is 76.9. The van der Waals surface area contributed by atoms with Gasteiger partial charge in [-0.3, -0.25) is 47.9 Å². The molecule has 4 heterocycles. The lowest BCUT2D eigenvalue weighted by Crippen LogP contribution is -2.38. The fraction of sp³-hybridized carbons (Fsp3) is 0.714. The molecule has 0 N–H and O–H groups in total. The van der Waals surface area contributed by atoms with Crippen LogP contribution in [-0.2, 0) is 143 Å². The molecular formula is C56H80N6O30. The Bertz CT molecular complexity index is 2140. The highest BCUT2D eigenvalue weighted by molar-refractivity contribution is 6.04. The lowest BCUT2D eigenvalue weighted by molar-refractivity contribution is -0.198. The summed E-state index contributed by atoms with van der Waals surface area (Å²) in [5, 5.41) is 1.82. The molecular weight excluding hydrogens is 1240 g/mol. The van der Waals surface area contributed by atoms with E-state index in [0.717, 1.165) is 0 Å². The second-order valence-corrected chi connectivity index (χ2v) is 19.4. The van der Waals surface area contributed by atoms with Crippen molar-refractivity contribution in [1.29, 1.82) is 0 Å². The van der Waals surface area contributed by atoms with Gasteiger partial charge in [0.1, 0.15) is 0 Å². The summed E-state index contributed by atoms with van der Waals surface area (Å²) >= 11 is 0. The standard InChI is InChI=1S/C56H80N6O30/c63-43(57(15-23-81-31-39-85-35-27-77-19-11-53(73)89-59-45(65)3-4-46(59)66)16-24-82-32-40-86-36-28-78-20-12-54(74)90-60-47(67)5-6-48(60)68)1-2-44(64)58(17-25-83-33-41-87-37-29-79-21-13-55(75)91-61-49(69)7-8-50(61)70)18-26-84-34-42-88-38-30-80-22-14-56(76)92-62-51(71)9-10-52(62)72/h3-42H2. The van der Waals surface area contributed by atoms with Crippen molar-refractivity contribution < 1.29 is 143 Å². The number of hydrogen-bond acceptors (Lipinski definition) is 30. The maximum absolute atomic E-state index is 13.6. The van der Waals surface area contributed by atoms with Crippen LogP contribution in [0.25, 0.3) is 0 Å². The predicted molar refractivity (Wildman–Crippen MR) is 298 cm³/mol. The smallest absolute Gasteiger partial charge is 0.335 e. The summed E-state index contributed by atoms with van der Waals surface area (Å²) in [6.07, 6.45) is -0.998. The summed E-state index contributed by atoms with van der Waals surface area (Å²) in [6, 6.07) is 0. The van der Waals surface area contributed by atoms with E-state index < -0.39 is 82.9 Å². The molecule has 4 fully saturated rings. The van der Waals surface area contributed by atoms with Gasteiger partial charge in [0.05, 0.1) is 184 Å². The number of imide groups is 4. The van der Waals surface area contributed by atoms with Gasteiger partial charge in [-0.05, 0) is 0 Å². The first-order chi connectivity index (χ1) is 44.5. The predicted octanol–water partition coefficient (Wildman–Crippen LogP) is -3.16. The van der Waals surface area contributed by atoms with Crippen molar-refractivity contribution in [1.82, 2.24) is 30.1 Å². The molecule has 10 amide bonds. The Morgan fingerprint density at radius 3 is 0.576 bits per heavy atom. The average molecular weight is 1320 g/mol. The van der Waals surface area contributed by atoms with Crippen molar-refractivity contribution in [2.24, 2.45) is 0 Å². The largest absolute Gasteiger partial charge is 0.378 e. The van der Waals surface area contributed by atoms with Crippen molar-refractivity contribution >= 4 is 82.9 Å². The van der Waals surface area contributed by atoms with E-state index in [1.807, 2.05) is 0 Å². The maximum atomic E-state index is 13.6. The minimum absolute atomic E-state index is 0.0245. The molecule has 0 spiro atoms. The van der Waals surface area contributed by atoms with Gasteiger partial charge in [-0.1, -0.05) is 0 Å². The van der Waals surface area contributed by atoms with Crippen molar-refractivity contribution in [3.05, 3.63) is 0 Å². The van der Waals surface area contributed by atoms with Crippen LogP contribution < -0.4 is 0 Å². The third-order valence-electron chi connectivity index (χ3n) is 12.4. The molecule has 514 valence electrons. The molecule has 0 saturated carbocycles. The molecule has 92 heavy (non-hydrogen) atoms. The van der Waals surface area contributed by atoms with E-state index >= 15 is 0 Å². The summed E-state index contributed by atoms with van der Waals surface area (Å²) in [5.74, 6) is -4.57. The van der Waals surface area contributed by atoms with Crippen LogP contribution in [-0.4, -0.2) is 298 Å². The number of carbonyl (C=O) groups is 14. The van der Waals surface area contributed by atoms with E-state index in [-0.39, 0.29) is 262 Å². The Morgan fingerprint density at radius 1 is 0.250 bits per heavy atom. The molecule has 0 aromatic heterocycles. The number of ether oxygens (including phenoxy) is 12. The van der Waals surface area contributed by atoms with Gasteiger partial charge >= 0.3 is 23.9 Å². The number of nitrogens with zero attached hydrogens (tertiary/aromatic N) is 6. The third kappa shape index (κ3) is 32.6. The van der Waals surface area contributed by atoms with Gasteiger partial charge in [-0.2, -0.15) is 0 Å². The SMILES string of the molecule is O=C(CCOCCOCCOCCN(CCOCCOCCOCCC(=O)ON1C(=O)CCC1=O)C(=O)C#CC(=O)N(CCOCCOCCOCCC(=O)ON1C(=O)CCC1=O)CCOCCOCCOCCC(=O)ON1C(=O)CCC1=O)ON1C(=O)CCC1=O. The topological polar surface area (TPSA) is 406 Å². The Balaban J connectivity index is 1.19. The van der Waals surface area contributed by atoms with Crippen molar-refractivity contribution in [3.8, 4) is 11.8 Å². The van der Waals surface area contributed by atoms with Crippen molar-refractivity contribution in [2.75, 3.05) is 185 Å². The molecule has 4 aliphatic heterocycles. The van der Waals surface area contributed by atoms with E-state index in [2.05, 4.69) is 11.8 Å².